The summed E-state index contributed by atoms with van der Waals surface area (Å²) in [5, 5.41) is 0.363. The lowest BCUT2D eigenvalue weighted by Crippen LogP contribution is -2.13. The summed E-state index contributed by atoms with van der Waals surface area (Å²) in [6.45, 7) is 4.82. The fourth-order valence-corrected chi connectivity index (χ4v) is 4.07. The van der Waals surface area contributed by atoms with Gasteiger partial charge in [-0.25, -0.2) is 13.4 Å². The molecule has 2 aromatic rings. The van der Waals surface area contributed by atoms with Crippen LogP contribution in [0.15, 0.2) is 23.1 Å². The minimum absolute atomic E-state index is 0.127. The van der Waals surface area contributed by atoms with Crippen LogP contribution in [0.25, 0.3) is 0 Å². The summed E-state index contributed by atoms with van der Waals surface area (Å²) in [5.74, 6) is 1.02. The summed E-state index contributed by atoms with van der Waals surface area (Å²) >= 11 is 1.31. The van der Waals surface area contributed by atoms with E-state index in [4.69, 9.17) is 9.47 Å². The highest BCUT2D eigenvalue weighted by Gasteiger charge is 2.20. The van der Waals surface area contributed by atoms with Gasteiger partial charge in [0.1, 0.15) is 0 Å². The second kappa shape index (κ2) is 5.77. The molecule has 0 spiro atoms. The smallest absolute Gasteiger partial charge is 0.263 e. The van der Waals surface area contributed by atoms with Gasteiger partial charge in [-0.15, -0.1) is 11.3 Å². The lowest BCUT2D eigenvalue weighted by molar-refractivity contribution is 0.297. The van der Waals surface area contributed by atoms with Crippen LogP contribution < -0.4 is 14.2 Å². The van der Waals surface area contributed by atoms with E-state index in [0.717, 1.165) is 17.0 Å². The predicted octanol–water partition coefficient (Wildman–Crippen LogP) is 2.72. The molecule has 0 bridgehead atoms. The van der Waals surface area contributed by atoms with Crippen molar-refractivity contribution in [1.82, 2.24) is 4.98 Å². The van der Waals surface area contributed by atoms with Crippen molar-refractivity contribution in [2.75, 3.05) is 17.9 Å². The zero-order chi connectivity index (χ0) is 15.7. The molecule has 0 radical (unpaired) electrons. The molecule has 6 nitrogen and oxygen atoms in total. The molecule has 118 valence electrons. The van der Waals surface area contributed by atoms with Crippen molar-refractivity contribution in [1.29, 1.82) is 0 Å². The molecule has 8 heteroatoms. The Balaban J connectivity index is 1.90. The van der Waals surface area contributed by atoms with Crippen molar-refractivity contribution in [2.24, 2.45) is 0 Å². The minimum Gasteiger partial charge on any atom is -0.490 e. The Morgan fingerprint density at radius 3 is 2.59 bits per heavy atom. The van der Waals surface area contributed by atoms with E-state index in [1.807, 2.05) is 13.8 Å². The maximum absolute atomic E-state index is 12.5. The molecule has 1 aliphatic rings. The van der Waals surface area contributed by atoms with E-state index < -0.39 is 10.0 Å². The Bertz CT molecular complexity index is 780. The van der Waals surface area contributed by atoms with Crippen LogP contribution in [0, 0.1) is 13.8 Å². The molecule has 1 N–H and O–H groups in total. The molecule has 0 saturated carbocycles. The van der Waals surface area contributed by atoms with E-state index >= 15 is 0 Å². The van der Waals surface area contributed by atoms with E-state index in [0.29, 0.717) is 29.8 Å². The Labute approximate surface area is 133 Å². The standard InChI is InChI=1S/C14H16N2O4S2/c1-9-10(2)21-14(15-9)16-22(17,18)11-4-5-12-13(8-11)20-7-3-6-19-12/h4-5,8H,3,6-7H2,1-2H3,(H,15,16). The highest BCUT2D eigenvalue weighted by molar-refractivity contribution is 7.93. The Kier molecular flexibility index (Phi) is 3.96. The number of hydrogen-bond donors (Lipinski definition) is 1. The summed E-state index contributed by atoms with van der Waals surface area (Å²) in [6.07, 6.45) is 0.771. The molecule has 1 aliphatic heterocycles. The number of hydrogen-bond acceptors (Lipinski definition) is 6. The number of ether oxygens (including phenoxy) is 2. The number of sulfonamides is 1. The van der Waals surface area contributed by atoms with Crippen molar-refractivity contribution >= 4 is 26.5 Å². The van der Waals surface area contributed by atoms with Gasteiger partial charge in [-0.3, -0.25) is 4.72 Å². The molecule has 2 heterocycles. The second-order valence-corrected chi connectivity index (χ2v) is 7.81. The second-order valence-electron chi connectivity index (χ2n) is 4.93. The molecule has 0 amide bonds. The number of fused-ring (bicyclic) bond motifs is 1. The molecule has 0 aliphatic carbocycles. The first-order valence-corrected chi connectivity index (χ1v) is 9.12. The molecule has 22 heavy (non-hydrogen) atoms. The van der Waals surface area contributed by atoms with Crippen LogP contribution >= 0.6 is 11.3 Å². The van der Waals surface area contributed by atoms with Crippen LogP contribution in [-0.4, -0.2) is 26.6 Å². The summed E-state index contributed by atoms with van der Waals surface area (Å²) < 4.78 is 38.4. The molecular weight excluding hydrogens is 324 g/mol. The minimum atomic E-state index is -3.70. The number of rotatable bonds is 3. The molecule has 0 unspecified atom stereocenters. The van der Waals surface area contributed by atoms with Crippen molar-refractivity contribution in [3.8, 4) is 11.5 Å². The Morgan fingerprint density at radius 1 is 1.18 bits per heavy atom. The molecule has 1 aromatic heterocycles. The lowest BCUT2D eigenvalue weighted by atomic mass is 10.3. The summed E-state index contributed by atoms with van der Waals surface area (Å²) in [7, 11) is -3.70. The fourth-order valence-electron chi connectivity index (χ4n) is 2.00. The van der Waals surface area contributed by atoms with Crippen molar-refractivity contribution in [3.63, 3.8) is 0 Å². The molecule has 0 fully saturated rings. The Morgan fingerprint density at radius 2 is 1.91 bits per heavy atom. The van der Waals surface area contributed by atoms with Crippen LogP contribution in [-0.2, 0) is 10.0 Å². The van der Waals surface area contributed by atoms with Gasteiger partial charge in [0, 0.05) is 17.4 Å². The molecule has 0 atom stereocenters. The van der Waals surface area contributed by atoms with Gasteiger partial charge in [-0.1, -0.05) is 0 Å². The first-order valence-electron chi connectivity index (χ1n) is 6.82. The first-order chi connectivity index (χ1) is 10.5. The van der Waals surface area contributed by atoms with Gasteiger partial charge < -0.3 is 9.47 Å². The quantitative estimate of drug-likeness (QED) is 0.929. The van der Waals surface area contributed by atoms with Crippen LogP contribution in [0.3, 0.4) is 0 Å². The zero-order valence-corrected chi connectivity index (χ0v) is 13.9. The highest BCUT2D eigenvalue weighted by Crippen LogP contribution is 2.33. The highest BCUT2D eigenvalue weighted by atomic mass is 32.2. The van der Waals surface area contributed by atoms with Crippen LogP contribution in [0.1, 0.15) is 17.0 Å². The third kappa shape index (κ3) is 3.02. The van der Waals surface area contributed by atoms with Gasteiger partial charge >= 0.3 is 0 Å². The average molecular weight is 340 g/mol. The van der Waals surface area contributed by atoms with Gasteiger partial charge in [0.25, 0.3) is 10.0 Å². The maximum atomic E-state index is 12.5. The SMILES string of the molecule is Cc1nc(NS(=O)(=O)c2ccc3c(c2)OCCCO3)sc1C. The summed E-state index contributed by atoms with van der Waals surface area (Å²) in [5.41, 5.74) is 0.821. The third-order valence-electron chi connectivity index (χ3n) is 3.28. The topological polar surface area (TPSA) is 77.5 Å². The van der Waals surface area contributed by atoms with E-state index in [-0.39, 0.29) is 4.90 Å². The Hall–Kier alpha value is -1.80. The van der Waals surface area contributed by atoms with Gasteiger partial charge in [0.15, 0.2) is 16.6 Å². The number of nitrogens with zero attached hydrogens (tertiary/aromatic N) is 1. The van der Waals surface area contributed by atoms with Crippen molar-refractivity contribution in [3.05, 3.63) is 28.8 Å². The van der Waals surface area contributed by atoms with Crippen LogP contribution in [0.2, 0.25) is 0 Å². The zero-order valence-electron chi connectivity index (χ0n) is 12.3. The maximum Gasteiger partial charge on any atom is 0.263 e. The monoisotopic (exact) mass is 340 g/mol. The molecule has 1 aromatic carbocycles. The fraction of sp³-hybridized carbons (Fsp3) is 0.357. The number of nitrogens with one attached hydrogen (secondary N) is 1. The van der Waals surface area contributed by atoms with Crippen molar-refractivity contribution < 1.29 is 17.9 Å². The number of benzene rings is 1. The van der Waals surface area contributed by atoms with E-state index in [2.05, 4.69) is 9.71 Å². The van der Waals surface area contributed by atoms with E-state index in [1.165, 1.54) is 23.5 Å². The van der Waals surface area contributed by atoms with Crippen LogP contribution in [0.5, 0.6) is 11.5 Å². The van der Waals surface area contributed by atoms with Crippen molar-refractivity contribution in [2.45, 2.75) is 25.2 Å². The average Bonchev–Trinajstić information content (AvgIpc) is 2.67. The number of anilines is 1. The normalized spacial score (nSPS) is 14.5. The summed E-state index contributed by atoms with van der Waals surface area (Å²) in [4.78, 5) is 5.31. The third-order valence-corrected chi connectivity index (χ3v) is 5.73. The number of thiazole rings is 1. The van der Waals surface area contributed by atoms with Gasteiger partial charge in [-0.2, -0.15) is 0 Å². The number of aromatic nitrogens is 1. The van der Waals surface area contributed by atoms with Crippen LogP contribution in [0.4, 0.5) is 5.13 Å². The van der Waals surface area contributed by atoms with Gasteiger partial charge in [-0.05, 0) is 26.0 Å². The largest absolute Gasteiger partial charge is 0.490 e. The summed E-state index contributed by atoms with van der Waals surface area (Å²) in [6, 6.07) is 4.60. The van der Waals surface area contributed by atoms with E-state index in [1.54, 1.807) is 6.07 Å². The van der Waals surface area contributed by atoms with E-state index in [9.17, 15) is 8.42 Å². The predicted molar refractivity (Wildman–Crippen MR) is 84.4 cm³/mol. The first kappa shape index (κ1) is 15.1. The van der Waals surface area contributed by atoms with Gasteiger partial charge in [0.05, 0.1) is 23.8 Å². The number of aryl methyl sites for hydroxylation is 2. The lowest BCUT2D eigenvalue weighted by Gasteiger charge is -2.10. The van der Waals surface area contributed by atoms with Gasteiger partial charge in [0.2, 0.25) is 0 Å². The molecule has 3 rings (SSSR count). The molecular formula is C14H16N2O4S2. The molecule has 0 saturated heterocycles.